The molecule has 2 N–H and O–H groups in total. The van der Waals surface area contributed by atoms with Crippen LogP contribution in [0.5, 0.6) is 0 Å². The number of rotatable bonds is 12. The fraction of sp³-hybridized carbons (Fsp3) is 0.933. The van der Waals surface area contributed by atoms with E-state index in [1.165, 1.54) is 44.9 Å². The van der Waals surface area contributed by atoms with E-state index in [4.69, 9.17) is 9.66 Å². The van der Waals surface area contributed by atoms with Crippen LogP contribution in [0.15, 0.2) is 0 Å². The van der Waals surface area contributed by atoms with Crippen molar-refractivity contribution < 1.29 is 22.9 Å². The fourth-order valence-corrected chi connectivity index (χ4v) is 2.36. The summed E-state index contributed by atoms with van der Waals surface area (Å²) in [5.41, 5.74) is 0. The van der Waals surface area contributed by atoms with E-state index in [-0.39, 0.29) is 5.75 Å². The average molecular weight is 324 g/mol. The summed E-state index contributed by atoms with van der Waals surface area (Å²) in [6.45, 7) is 3.92. The van der Waals surface area contributed by atoms with Gasteiger partial charge in [0.05, 0.1) is 5.75 Å². The largest absolute Gasteiger partial charge is 0.481 e. The zero-order valence-corrected chi connectivity index (χ0v) is 14.3. The van der Waals surface area contributed by atoms with Crippen molar-refractivity contribution in [3.8, 4) is 0 Å². The summed E-state index contributed by atoms with van der Waals surface area (Å²) in [4.78, 5) is 10.2. The van der Waals surface area contributed by atoms with Crippen molar-refractivity contribution in [2.45, 2.75) is 84.5 Å². The molecular weight excluding hydrogens is 292 g/mol. The average Bonchev–Trinajstić information content (AvgIpc) is 2.36. The summed E-state index contributed by atoms with van der Waals surface area (Å²) in [5, 5.41) is 8.41. The maximum Gasteiger partial charge on any atom is 0.303 e. The molecule has 0 rings (SSSR count). The second-order valence-electron chi connectivity index (χ2n) is 5.26. The molecule has 0 aliphatic heterocycles. The Kier molecular flexibility index (Phi) is 17.0. The van der Waals surface area contributed by atoms with Crippen LogP contribution in [0.2, 0.25) is 0 Å². The van der Waals surface area contributed by atoms with Crippen LogP contribution in [0.25, 0.3) is 0 Å². The molecule has 0 saturated carbocycles. The second kappa shape index (κ2) is 15.8. The molecule has 21 heavy (non-hydrogen) atoms. The van der Waals surface area contributed by atoms with E-state index in [9.17, 15) is 13.2 Å². The molecule has 0 bridgehead atoms. The van der Waals surface area contributed by atoms with Crippen molar-refractivity contribution in [2.75, 3.05) is 5.75 Å². The molecule has 0 aliphatic rings. The van der Waals surface area contributed by atoms with Crippen molar-refractivity contribution >= 4 is 16.1 Å². The van der Waals surface area contributed by atoms with E-state index < -0.39 is 16.1 Å². The van der Waals surface area contributed by atoms with Crippen LogP contribution in [0, 0.1) is 0 Å². The second-order valence-corrected chi connectivity index (χ2v) is 6.83. The lowest BCUT2D eigenvalue weighted by atomic mass is 10.1. The summed E-state index contributed by atoms with van der Waals surface area (Å²) < 4.78 is 27.6. The van der Waals surface area contributed by atoms with Crippen molar-refractivity contribution in [1.29, 1.82) is 0 Å². The van der Waals surface area contributed by atoms with Crippen molar-refractivity contribution in [1.82, 2.24) is 0 Å². The predicted molar refractivity (Wildman–Crippen MR) is 86.2 cm³/mol. The van der Waals surface area contributed by atoms with Gasteiger partial charge < -0.3 is 5.11 Å². The highest BCUT2D eigenvalue weighted by atomic mass is 32.2. The zero-order chi connectivity index (χ0) is 16.6. The van der Waals surface area contributed by atoms with Crippen LogP contribution < -0.4 is 0 Å². The van der Waals surface area contributed by atoms with Gasteiger partial charge in [-0.05, 0) is 12.8 Å². The minimum absolute atomic E-state index is 0.132. The third kappa shape index (κ3) is 28.3. The van der Waals surface area contributed by atoms with Gasteiger partial charge >= 0.3 is 5.97 Å². The molecule has 0 spiro atoms. The van der Waals surface area contributed by atoms with E-state index in [1.54, 1.807) is 6.92 Å². The molecule has 5 nitrogen and oxygen atoms in total. The van der Waals surface area contributed by atoms with Crippen LogP contribution in [0.4, 0.5) is 0 Å². The molecule has 0 amide bonds. The Bertz CT molecular complexity index is 325. The Morgan fingerprint density at radius 3 is 1.52 bits per heavy atom. The zero-order valence-electron chi connectivity index (χ0n) is 13.5. The smallest absolute Gasteiger partial charge is 0.303 e. The highest BCUT2D eigenvalue weighted by Gasteiger charge is 1.98. The third-order valence-corrected chi connectivity index (χ3v) is 3.88. The van der Waals surface area contributed by atoms with Gasteiger partial charge in [0.25, 0.3) is 10.1 Å². The summed E-state index contributed by atoms with van der Waals surface area (Å²) >= 11 is 0. The number of unbranched alkanes of at least 4 members (excludes halogenated alkanes) is 8. The lowest BCUT2D eigenvalue weighted by Crippen LogP contribution is -2.01. The van der Waals surface area contributed by atoms with Gasteiger partial charge in [0.15, 0.2) is 0 Å². The minimum atomic E-state index is -3.67. The quantitative estimate of drug-likeness (QED) is 0.413. The summed E-state index contributed by atoms with van der Waals surface area (Å²) in [7, 11) is -3.67. The van der Waals surface area contributed by atoms with Crippen molar-refractivity contribution in [3.63, 3.8) is 0 Å². The standard InChI is InChI=1S/C12H24O2.C3H8O3S/c1-2-3-4-5-6-7-8-9-10-11-12(13)14;1-2-3-7(4,5)6/h2-11H2,1H3,(H,13,14);2-3H2,1H3,(H,4,5,6). The first-order valence-corrected chi connectivity index (χ1v) is 9.61. The number of hydrogen-bond acceptors (Lipinski definition) is 3. The van der Waals surface area contributed by atoms with Crippen LogP contribution in [-0.4, -0.2) is 29.8 Å². The van der Waals surface area contributed by atoms with Gasteiger partial charge in [-0.15, -0.1) is 0 Å². The van der Waals surface area contributed by atoms with Crippen LogP contribution in [0.3, 0.4) is 0 Å². The monoisotopic (exact) mass is 324 g/mol. The van der Waals surface area contributed by atoms with Gasteiger partial charge in [-0.2, -0.15) is 8.42 Å². The van der Waals surface area contributed by atoms with Gasteiger partial charge in [-0.1, -0.05) is 65.2 Å². The first kappa shape index (κ1) is 22.7. The Morgan fingerprint density at radius 2 is 1.24 bits per heavy atom. The normalized spacial score (nSPS) is 10.8. The van der Waals surface area contributed by atoms with Crippen LogP contribution in [-0.2, 0) is 14.9 Å². The summed E-state index contributed by atoms with van der Waals surface area (Å²) in [6, 6.07) is 0. The van der Waals surface area contributed by atoms with Gasteiger partial charge in [0.2, 0.25) is 0 Å². The maximum absolute atomic E-state index is 10.2. The van der Waals surface area contributed by atoms with Crippen molar-refractivity contribution in [3.05, 3.63) is 0 Å². The van der Waals surface area contributed by atoms with E-state index in [0.29, 0.717) is 12.8 Å². The molecule has 0 aromatic heterocycles. The highest BCUT2D eigenvalue weighted by molar-refractivity contribution is 7.85. The van der Waals surface area contributed by atoms with E-state index in [0.717, 1.165) is 12.8 Å². The molecule has 0 fully saturated rings. The summed E-state index contributed by atoms with van der Waals surface area (Å²) in [6.07, 6.45) is 11.9. The molecule has 0 radical (unpaired) electrons. The maximum atomic E-state index is 10.2. The molecule has 0 saturated heterocycles. The molecule has 6 heteroatoms. The highest BCUT2D eigenvalue weighted by Crippen LogP contribution is 2.10. The van der Waals surface area contributed by atoms with E-state index in [2.05, 4.69) is 6.92 Å². The Labute approximate surface area is 129 Å². The third-order valence-electron chi connectivity index (χ3n) is 2.96. The minimum Gasteiger partial charge on any atom is -0.481 e. The molecule has 0 heterocycles. The van der Waals surface area contributed by atoms with Gasteiger partial charge in [-0.3, -0.25) is 9.35 Å². The van der Waals surface area contributed by atoms with Crippen LogP contribution in [0.1, 0.15) is 84.5 Å². The molecular formula is C15H32O5S. The van der Waals surface area contributed by atoms with Crippen LogP contribution >= 0.6 is 0 Å². The Morgan fingerprint density at radius 1 is 0.810 bits per heavy atom. The topological polar surface area (TPSA) is 91.7 Å². The fourth-order valence-electron chi connectivity index (χ4n) is 1.84. The van der Waals surface area contributed by atoms with Gasteiger partial charge in [0.1, 0.15) is 0 Å². The van der Waals surface area contributed by atoms with Crippen molar-refractivity contribution in [2.24, 2.45) is 0 Å². The molecule has 0 aromatic carbocycles. The number of carboxylic acids is 1. The van der Waals surface area contributed by atoms with E-state index in [1.807, 2.05) is 0 Å². The number of carboxylic acid groups (broad SMARTS) is 1. The number of aliphatic carboxylic acids is 1. The number of hydrogen-bond donors (Lipinski definition) is 2. The Balaban J connectivity index is 0. The lowest BCUT2D eigenvalue weighted by Gasteiger charge is -2.00. The molecule has 0 unspecified atom stereocenters. The molecule has 0 aromatic rings. The van der Waals surface area contributed by atoms with Gasteiger partial charge in [-0.25, -0.2) is 0 Å². The summed E-state index contributed by atoms with van der Waals surface area (Å²) in [5.74, 6) is -0.791. The van der Waals surface area contributed by atoms with Gasteiger partial charge in [0, 0.05) is 6.42 Å². The van der Waals surface area contributed by atoms with E-state index >= 15 is 0 Å². The first-order valence-electron chi connectivity index (χ1n) is 8.00. The molecule has 128 valence electrons. The first-order chi connectivity index (χ1) is 9.83. The Hall–Kier alpha value is -0.620. The predicted octanol–water partition coefficient (Wildman–Crippen LogP) is 4.28. The number of carbonyl (C=O) groups is 1. The SMILES string of the molecule is CCCCCCCCCCCC(=O)O.CCCS(=O)(=O)O. The molecule has 0 atom stereocenters. The lowest BCUT2D eigenvalue weighted by molar-refractivity contribution is -0.137. The molecule has 0 aliphatic carbocycles.